The van der Waals surface area contributed by atoms with Crippen LogP contribution in [0.15, 0.2) is 65.1 Å². The number of amides is 1. The van der Waals surface area contributed by atoms with Gasteiger partial charge in [-0.1, -0.05) is 26.8 Å². The zero-order valence-corrected chi connectivity index (χ0v) is 21.5. The molecular formula is C28H29N3O4S. The third-order valence-electron chi connectivity index (χ3n) is 5.82. The Labute approximate surface area is 215 Å². The number of oxazole rings is 1. The van der Waals surface area contributed by atoms with Crippen molar-refractivity contribution in [1.82, 2.24) is 10.3 Å². The average Bonchev–Trinajstić information content (AvgIpc) is 3.28. The first-order valence-corrected chi connectivity index (χ1v) is 12.3. The molecule has 3 N–H and O–H groups in total. The number of ether oxygens (including phenoxy) is 1. The second-order valence-corrected chi connectivity index (χ2v) is 9.31. The van der Waals surface area contributed by atoms with Crippen molar-refractivity contribution in [1.29, 1.82) is 0 Å². The molecule has 0 aliphatic heterocycles. The Bertz CT molecular complexity index is 1400. The number of hydrogen-bond acceptors (Lipinski definition) is 6. The summed E-state index contributed by atoms with van der Waals surface area (Å²) < 4.78 is 11.6. The summed E-state index contributed by atoms with van der Waals surface area (Å²) in [6.45, 7) is 8.27. The third kappa shape index (κ3) is 5.83. The Morgan fingerprint density at radius 2 is 1.83 bits per heavy atom. The summed E-state index contributed by atoms with van der Waals surface area (Å²) in [6, 6.07) is 17.6. The monoisotopic (exact) mass is 503 g/mol. The highest BCUT2D eigenvalue weighted by atomic mass is 32.1. The van der Waals surface area contributed by atoms with E-state index >= 15 is 0 Å². The summed E-state index contributed by atoms with van der Waals surface area (Å²) in [6.07, 6.45) is 0.996. The number of thiocarbonyl (C=S) groups is 1. The Morgan fingerprint density at radius 3 is 2.53 bits per heavy atom. The van der Waals surface area contributed by atoms with Crippen LogP contribution in [0.3, 0.4) is 0 Å². The SMILES string of the molecule is CCC(C)Oc1ccc(C(=O)NC(=S)Nc2ccc(O)c(-c3nc4cc(C(C)C)ccc4o3)c2)cc1. The van der Waals surface area contributed by atoms with Crippen LogP contribution >= 0.6 is 12.2 Å². The number of rotatable bonds is 7. The van der Waals surface area contributed by atoms with Crippen molar-refractivity contribution in [2.24, 2.45) is 0 Å². The van der Waals surface area contributed by atoms with Crippen LogP contribution in [-0.4, -0.2) is 27.2 Å². The van der Waals surface area contributed by atoms with E-state index in [0.717, 1.165) is 17.5 Å². The molecule has 0 aliphatic rings. The quantitative estimate of drug-likeness (QED) is 0.192. The number of carbonyl (C=O) groups excluding carboxylic acids is 1. The number of aromatic nitrogens is 1. The molecule has 1 heterocycles. The van der Waals surface area contributed by atoms with Gasteiger partial charge in [-0.2, -0.15) is 0 Å². The lowest BCUT2D eigenvalue weighted by Crippen LogP contribution is -2.34. The Morgan fingerprint density at radius 1 is 1.08 bits per heavy atom. The minimum absolute atomic E-state index is 0.0193. The van der Waals surface area contributed by atoms with E-state index in [9.17, 15) is 9.90 Å². The van der Waals surface area contributed by atoms with Crippen molar-refractivity contribution in [3.05, 3.63) is 71.8 Å². The average molecular weight is 504 g/mol. The molecule has 4 rings (SSSR count). The van der Waals surface area contributed by atoms with Crippen LogP contribution < -0.4 is 15.4 Å². The normalized spacial score (nSPS) is 11.9. The van der Waals surface area contributed by atoms with Crippen molar-refractivity contribution in [3.63, 3.8) is 0 Å². The van der Waals surface area contributed by atoms with Gasteiger partial charge in [0.25, 0.3) is 5.91 Å². The van der Waals surface area contributed by atoms with Crippen molar-refractivity contribution < 1.29 is 19.1 Å². The van der Waals surface area contributed by atoms with Gasteiger partial charge in [0.05, 0.1) is 11.7 Å². The molecule has 0 fully saturated rings. The zero-order valence-electron chi connectivity index (χ0n) is 20.7. The van der Waals surface area contributed by atoms with Gasteiger partial charge >= 0.3 is 0 Å². The molecule has 1 amide bonds. The van der Waals surface area contributed by atoms with Crippen LogP contribution in [0.1, 0.15) is 56.0 Å². The second kappa shape index (κ2) is 10.8. The van der Waals surface area contributed by atoms with Crippen molar-refractivity contribution in [2.75, 3.05) is 5.32 Å². The predicted molar refractivity (Wildman–Crippen MR) is 146 cm³/mol. The van der Waals surface area contributed by atoms with Gasteiger partial charge in [-0.25, -0.2) is 4.98 Å². The summed E-state index contributed by atoms with van der Waals surface area (Å²) in [4.78, 5) is 17.2. The number of hydrogen-bond donors (Lipinski definition) is 3. The maximum absolute atomic E-state index is 12.6. The van der Waals surface area contributed by atoms with Gasteiger partial charge in [-0.15, -0.1) is 0 Å². The number of benzene rings is 3. The first-order valence-electron chi connectivity index (χ1n) is 11.9. The lowest BCUT2D eigenvalue weighted by atomic mass is 10.0. The predicted octanol–water partition coefficient (Wildman–Crippen LogP) is 6.63. The molecule has 3 aromatic carbocycles. The van der Waals surface area contributed by atoms with Crippen LogP contribution in [0.25, 0.3) is 22.6 Å². The molecule has 1 aromatic heterocycles. The number of carbonyl (C=O) groups is 1. The van der Waals surface area contributed by atoms with E-state index in [4.69, 9.17) is 21.4 Å². The molecule has 186 valence electrons. The van der Waals surface area contributed by atoms with Gasteiger partial charge in [0.2, 0.25) is 5.89 Å². The molecule has 8 heteroatoms. The van der Waals surface area contributed by atoms with E-state index in [1.807, 2.05) is 32.0 Å². The fourth-order valence-corrected chi connectivity index (χ4v) is 3.75. The van der Waals surface area contributed by atoms with Crippen LogP contribution in [0.5, 0.6) is 11.5 Å². The third-order valence-corrected chi connectivity index (χ3v) is 6.02. The van der Waals surface area contributed by atoms with E-state index in [-0.39, 0.29) is 22.9 Å². The number of aromatic hydroxyl groups is 1. The van der Waals surface area contributed by atoms with Gasteiger partial charge in [0, 0.05) is 11.3 Å². The highest BCUT2D eigenvalue weighted by Gasteiger charge is 2.15. The van der Waals surface area contributed by atoms with Crippen LogP contribution in [-0.2, 0) is 0 Å². The molecular weight excluding hydrogens is 474 g/mol. The summed E-state index contributed by atoms with van der Waals surface area (Å²) in [7, 11) is 0. The summed E-state index contributed by atoms with van der Waals surface area (Å²) in [5.41, 5.74) is 3.94. The van der Waals surface area contributed by atoms with Crippen molar-refractivity contribution in [3.8, 4) is 23.0 Å². The van der Waals surface area contributed by atoms with Gasteiger partial charge in [-0.05, 0) is 91.6 Å². The molecule has 0 saturated heterocycles. The highest BCUT2D eigenvalue weighted by molar-refractivity contribution is 7.80. The molecule has 0 bridgehead atoms. The number of nitrogens with zero attached hydrogens (tertiary/aromatic N) is 1. The smallest absolute Gasteiger partial charge is 0.257 e. The minimum atomic E-state index is -0.346. The zero-order chi connectivity index (χ0) is 25.8. The van der Waals surface area contributed by atoms with Crippen LogP contribution in [0.4, 0.5) is 5.69 Å². The molecule has 7 nitrogen and oxygen atoms in total. The highest BCUT2D eigenvalue weighted by Crippen LogP contribution is 2.34. The summed E-state index contributed by atoms with van der Waals surface area (Å²) in [5.74, 6) is 1.04. The Kier molecular flexibility index (Phi) is 7.55. The minimum Gasteiger partial charge on any atom is -0.507 e. The maximum Gasteiger partial charge on any atom is 0.257 e. The fourth-order valence-electron chi connectivity index (χ4n) is 3.54. The van der Waals surface area contributed by atoms with Gasteiger partial charge in [-0.3, -0.25) is 10.1 Å². The Hall–Kier alpha value is -3.91. The van der Waals surface area contributed by atoms with E-state index in [2.05, 4.69) is 29.5 Å². The lowest BCUT2D eigenvalue weighted by Gasteiger charge is -2.13. The fraction of sp³-hybridized carbons (Fsp3) is 0.250. The molecule has 0 radical (unpaired) electrons. The molecule has 0 aliphatic carbocycles. The van der Waals surface area contributed by atoms with Gasteiger partial charge < -0.3 is 19.6 Å². The van der Waals surface area contributed by atoms with Crippen molar-refractivity contribution >= 4 is 40.0 Å². The van der Waals surface area contributed by atoms with E-state index < -0.39 is 0 Å². The van der Waals surface area contributed by atoms with Crippen molar-refractivity contribution in [2.45, 2.75) is 46.1 Å². The first kappa shape index (κ1) is 25.2. The van der Waals surface area contributed by atoms with Gasteiger partial charge in [0.1, 0.15) is 17.0 Å². The number of phenolic OH excluding ortho intramolecular Hbond substituents is 1. The maximum atomic E-state index is 12.6. The number of fused-ring (bicyclic) bond motifs is 1. The molecule has 1 atom stereocenters. The lowest BCUT2D eigenvalue weighted by molar-refractivity contribution is 0.0977. The van der Waals surface area contributed by atoms with Crippen LogP contribution in [0.2, 0.25) is 0 Å². The second-order valence-electron chi connectivity index (χ2n) is 8.90. The van der Waals surface area contributed by atoms with Crippen LogP contribution in [0, 0.1) is 0 Å². The summed E-state index contributed by atoms with van der Waals surface area (Å²) in [5, 5.41) is 16.2. The molecule has 0 spiro atoms. The topological polar surface area (TPSA) is 96.6 Å². The number of nitrogens with one attached hydrogen (secondary N) is 2. The first-order chi connectivity index (χ1) is 17.2. The van der Waals surface area contributed by atoms with E-state index in [0.29, 0.717) is 40.0 Å². The van der Waals surface area contributed by atoms with Gasteiger partial charge in [0.15, 0.2) is 10.7 Å². The standard InChI is InChI=1S/C28H29N3O4S/c1-5-17(4)34-21-10-6-18(7-11-21)26(33)31-28(36)29-20-9-12-24(32)22(15-20)27-30-23-14-19(16(2)3)8-13-25(23)35-27/h6-17,32H,5H2,1-4H3,(H2,29,31,33,36). The molecule has 4 aromatic rings. The molecule has 1 unspecified atom stereocenters. The molecule has 36 heavy (non-hydrogen) atoms. The number of phenols is 1. The number of anilines is 1. The Balaban J connectivity index is 1.45. The van der Waals surface area contributed by atoms with E-state index in [1.54, 1.807) is 36.4 Å². The molecule has 0 saturated carbocycles. The summed E-state index contributed by atoms with van der Waals surface area (Å²) >= 11 is 5.33. The largest absolute Gasteiger partial charge is 0.507 e. The van der Waals surface area contributed by atoms with E-state index in [1.165, 1.54) is 6.07 Å².